The van der Waals surface area contributed by atoms with Gasteiger partial charge in [0.05, 0.1) is 16.7 Å². The summed E-state index contributed by atoms with van der Waals surface area (Å²) in [6, 6.07) is 83.0. The molecule has 12 rings (SSSR count). The fourth-order valence-electron chi connectivity index (χ4n) is 9.32. The van der Waals surface area contributed by atoms with E-state index in [0.717, 1.165) is 66.9 Å². The van der Waals surface area contributed by atoms with Gasteiger partial charge < -0.3 is 13.9 Å². The first-order valence-corrected chi connectivity index (χ1v) is 20.8. The predicted octanol–water partition coefficient (Wildman–Crippen LogP) is 16.3. The summed E-state index contributed by atoms with van der Waals surface area (Å²) in [6.45, 7) is 0. The van der Waals surface area contributed by atoms with Crippen molar-refractivity contribution in [1.29, 1.82) is 0 Å². The highest BCUT2D eigenvalue weighted by molar-refractivity contribution is 6.14. The Kier molecular flexibility index (Phi) is 8.17. The van der Waals surface area contributed by atoms with E-state index in [1.807, 2.05) is 6.07 Å². The Hall–Kier alpha value is -8.14. The lowest BCUT2D eigenvalue weighted by Gasteiger charge is -2.28. The molecule has 0 amide bonds. The summed E-state index contributed by atoms with van der Waals surface area (Å²) >= 11 is 0. The van der Waals surface area contributed by atoms with Crippen LogP contribution in [0.2, 0.25) is 0 Å². The zero-order valence-electron chi connectivity index (χ0n) is 33.2. The summed E-state index contributed by atoms with van der Waals surface area (Å²) in [4.78, 5) is 2.39. The second-order valence-corrected chi connectivity index (χ2v) is 15.7. The third-order valence-corrected chi connectivity index (χ3v) is 12.2. The van der Waals surface area contributed by atoms with Crippen LogP contribution in [0.3, 0.4) is 0 Å². The Bertz CT molecular complexity index is 3540. The average Bonchev–Trinajstić information content (AvgIpc) is 3.88. The number of nitrogens with zero attached hydrogens (tertiary/aromatic N) is 2. The molecule has 12 aromatic rings. The average molecular weight is 779 g/mol. The first kappa shape index (κ1) is 34.9. The Morgan fingerprint density at radius 3 is 1.62 bits per heavy atom. The van der Waals surface area contributed by atoms with Crippen LogP contribution in [0, 0.1) is 0 Å². The van der Waals surface area contributed by atoms with Crippen molar-refractivity contribution in [2.75, 3.05) is 4.90 Å². The largest absolute Gasteiger partial charge is 0.456 e. The van der Waals surface area contributed by atoms with E-state index >= 15 is 0 Å². The number of aromatic nitrogens is 1. The van der Waals surface area contributed by atoms with Gasteiger partial charge in [-0.3, -0.25) is 0 Å². The molecule has 0 fully saturated rings. The third-order valence-electron chi connectivity index (χ3n) is 12.2. The first-order chi connectivity index (χ1) is 30.2. The van der Waals surface area contributed by atoms with Gasteiger partial charge in [0, 0.05) is 44.2 Å². The van der Waals surface area contributed by atoms with Crippen LogP contribution >= 0.6 is 0 Å². The highest BCUT2D eigenvalue weighted by Gasteiger charge is 2.21. The summed E-state index contributed by atoms with van der Waals surface area (Å²) in [5.74, 6) is 0. The number of fused-ring (bicyclic) bond motifs is 7. The maximum atomic E-state index is 6.38. The predicted molar refractivity (Wildman–Crippen MR) is 257 cm³/mol. The maximum Gasteiger partial charge on any atom is 0.136 e. The number of furan rings is 1. The minimum absolute atomic E-state index is 0.882. The highest BCUT2D eigenvalue weighted by Crippen LogP contribution is 2.45. The molecular formula is C58H38N2O. The monoisotopic (exact) mass is 778 g/mol. The fraction of sp³-hybridized carbons (Fsp3) is 0. The van der Waals surface area contributed by atoms with Gasteiger partial charge in [-0.15, -0.1) is 0 Å². The zero-order chi connectivity index (χ0) is 40.3. The minimum Gasteiger partial charge on any atom is -0.456 e. The molecule has 0 bridgehead atoms. The number of hydrogen-bond acceptors (Lipinski definition) is 2. The van der Waals surface area contributed by atoms with Crippen LogP contribution in [0.4, 0.5) is 17.1 Å². The normalized spacial score (nSPS) is 11.6. The molecule has 0 aliphatic heterocycles. The molecule has 0 saturated heterocycles. The SMILES string of the molecule is c1cc(-c2ccc(N(c3ccc(-c4ccc5ccccc5c4)cc3)c3ccccc3-c3cccc4oc5ccccc5c34)cc2)cc(-n2c3ccccc3c3ccccc32)c1. The first-order valence-electron chi connectivity index (χ1n) is 20.8. The molecule has 0 N–H and O–H groups in total. The van der Waals surface area contributed by atoms with E-state index in [4.69, 9.17) is 4.42 Å². The molecule has 0 aliphatic carbocycles. The van der Waals surface area contributed by atoms with Crippen LogP contribution in [0.1, 0.15) is 0 Å². The van der Waals surface area contributed by atoms with Crippen LogP contribution in [-0.2, 0) is 0 Å². The van der Waals surface area contributed by atoms with Crippen molar-refractivity contribution in [2.45, 2.75) is 0 Å². The quantitative estimate of drug-likeness (QED) is 0.161. The molecule has 61 heavy (non-hydrogen) atoms. The van der Waals surface area contributed by atoms with Crippen LogP contribution in [0.25, 0.3) is 93.6 Å². The zero-order valence-corrected chi connectivity index (χ0v) is 33.2. The van der Waals surface area contributed by atoms with E-state index in [0.29, 0.717) is 0 Å². The van der Waals surface area contributed by atoms with Crippen molar-refractivity contribution in [3.8, 4) is 39.1 Å². The number of anilines is 3. The molecule has 2 heterocycles. The molecule has 0 atom stereocenters. The molecule has 286 valence electrons. The van der Waals surface area contributed by atoms with Crippen LogP contribution in [0.5, 0.6) is 0 Å². The smallest absolute Gasteiger partial charge is 0.136 e. The van der Waals surface area contributed by atoms with Gasteiger partial charge in [-0.05, 0) is 111 Å². The van der Waals surface area contributed by atoms with Crippen molar-refractivity contribution in [3.05, 3.63) is 231 Å². The molecular weight excluding hydrogens is 741 g/mol. The summed E-state index contributed by atoms with van der Waals surface area (Å²) in [6.07, 6.45) is 0. The van der Waals surface area contributed by atoms with Crippen molar-refractivity contribution >= 4 is 71.6 Å². The van der Waals surface area contributed by atoms with Crippen LogP contribution in [-0.4, -0.2) is 4.57 Å². The molecule has 10 aromatic carbocycles. The molecule has 3 nitrogen and oxygen atoms in total. The Balaban J connectivity index is 0.984. The van der Waals surface area contributed by atoms with Gasteiger partial charge >= 0.3 is 0 Å². The third kappa shape index (κ3) is 5.90. The molecule has 0 unspecified atom stereocenters. The minimum atomic E-state index is 0.882. The number of benzene rings is 10. The second kappa shape index (κ2) is 14.3. The van der Waals surface area contributed by atoms with Gasteiger partial charge in [-0.1, -0.05) is 158 Å². The molecule has 0 radical (unpaired) electrons. The molecule has 0 saturated carbocycles. The second-order valence-electron chi connectivity index (χ2n) is 15.7. The van der Waals surface area contributed by atoms with Gasteiger partial charge in [0.2, 0.25) is 0 Å². The summed E-state index contributed by atoms with van der Waals surface area (Å²) < 4.78 is 8.76. The van der Waals surface area contributed by atoms with E-state index in [-0.39, 0.29) is 0 Å². The van der Waals surface area contributed by atoms with E-state index in [1.165, 1.54) is 43.7 Å². The van der Waals surface area contributed by atoms with Crippen molar-refractivity contribution < 1.29 is 4.42 Å². The van der Waals surface area contributed by atoms with Crippen LogP contribution < -0.4 is 4.90 Å². The molecule has 3 heteroatoms. The number of hydrogen-bond donors (Lipinski definition) is 0. The highest BCUT2D eigenvalue weighted by atomic mass is 16.3. The molecule has 0 aliphatic rings. The number of rotatable bonds is 7. The summed E-state index contributed by atoms with van der Waals surface area (Å²) in [5.41, 5.74) is 15.5. The fourth-order valence-corrected chi connectivity index (χ4v) is 9.32. The summed E-state index contributed by atoms with van der Waals surface area (Å²) in [7, 11) is 0. The standard InChI is InChI=1S/C58H38N2O/c1-2-14-42-37-44(28-27-39(42)13-1)41-31-35-46(36-32-41)59(53-22-7-5-19-50(53)51-21-12-26-57-58(51)52-20-6-10-25-56(52)61-57)45-33-29-40(30-34-45)43-15-11-16-47(38-43)60-54-23-8-3-17-48(54)49-18-4-9-24-55(49)60/h1-38H. The maximum absolute atomic E-state index is 6.38. The number of para-hydroxylation sites is 4. The Labute approximate surface area is 353 Å². The van der Waals surface area contributed by atoms with Gasteiger partial charge in [0.1, 0.15) is 11.2 Å². The van der Waals surface area contributed by atoms with Gasteiger partial charge in [-0.2, -0.15) is 0 Å². The topological polar surface area (TPSA) is 21.3 Å². The lowest BCUT2D eigenvalue weighted by Crippen LogP contribution is -2.11. The Morgan fingerprint density at radius 2 is 0.885 bits per heavy atom. The summed E-state index contributed by atoms with van der Waals surface area (Å²) in [5, 5.41) is 7.23. The lowest BCUT2D eigenvalue weighted by atomic mass is 9.96. The van der Waals surface area contributed by atoms with Crippen LogP contribution in [0.15, 0.2) is 235 Å². The van der Waals surface area contributed by atoms with Crippen molar-refractivity contribution in [1.82, 2.24) is 4.57 Å². The van der Waals surface area contributed by atoms with E-state index in [2.05, 4.69) is 234 Å². The van der Waals surface area contributed by atoms with Gasteiger partial charge in [0.25, 0.3) is 0 Å². The Morgan fingerprint density at radius 1 is 0.344 bits per heavy atom. The lowest BCUT2D eigenvalue weighted by molar-refractivity contribution is 0.669. The van der Waals surface area contributed by atoms with Crippen molar-refractivity contribution in [3.63, 3.8) is 0 Å². The van der Waals surface area contributed by atoms with E-state index in [1.54, 1.807) is 0 Å². The van der Waals surface area contributed by atoms with E-state index < -0.39 is 0 Å². The molecule has 2 aromatic heterocycles. The molecule has 0 spiro atoms. The van der Waals surface area contributed by atoms with Gasteiger partial charge in [-0.25, -0.2) is 0 Å². The van der Waals surface area contributed by atoms with Gasteiger partial charge in [0.15, 0.2) is 0 Å². The van der Waals surface area contributed by atoms with Crippen molar-refractivity contribution in [2.24, 2.45) is 0 Å². The van der Waals surface area contributed by atoms with E-state index in [9.17, 15) is 0 Å².